The van der Waals surface area contributed by atoms with Gasteiger partial charge in [-0.1, -0.05) is 54.6 Å². The fourth-order valence-electron chi connectivity index (χ4n) is 4.79. The van der Waals surface area contributed by atoms with E-state index in [2.05, 4.69) is 29.3 Å². The van der Waals surface area contributed by atoms with E-state index in [4.69, 9.17) is 9.47 Å². The van der Waals surface area contributed by atoms with Gasteiger partial charge < -0.3 is 25.2 Å². The second-order valence-electron chi connectivity index (χ2n) is 8.96. The first kappa shape index (κ1) is 24.5. The van der Waals surface area contributed by atoms with E-state index < -0.39 is 29.4 Å². The van der Waals surface area contributed by atoms with Gasteiger partial charge >= 0.3 is 12.1 Å². The van der Waals surface area contributed by atoms with Gasteiger partial charge in [-0.15, -0.1) is 6.58 Å². The summed E-state index contributed by atoms with van der Waals surface area (Å²) in [7, 11) is 0. The number of aliphatic carboxylic acids is 1. The van der Waals surface area contributed by atoms with Crippen molar-refractivity contribution in [2.24, 2.45) is 5.41 Å². The normalized spacial score (nSPS) is 16.9. The fraction of sp³-hybridized carbons (Fsp3) is 0.370. The molecule has 1 saturated heterocycles. The second kappa shape index (κ2) is 10.7. The van der Waals surface area contributed by atoms with Crippen molar-refractivity contribution >= 4 is 18.0 Å². The molecule has 0 radical (unpaired) electrons. The first-order valence-electron chi connectivity index (χ1n) is 11.8. The summed E-state index contributed by atoms with van der Waals surface area (Å²) >= 11 is 0. The van der Waals surface area contributed by atoms with Gasteiger partial charge in [0.2, 0.25) is 5.91 Å². The molecule has 2 aromatic rings. The van der Waals surface area contributed by atoms with Crippen LogP contribution in [0.2, 0.25) is 0 Å². The van der Waals surface area contributed by atoms with Gasteiger partial charge in [0.1, 0.15) is 12.6 Å². The average molecular weight is 479 g/mol. The molecule has 1 heterocycles. The van der Waals surface area contributed by atoms with E-state index in [1.807, 2.05) is 36.4 Å². The highest BCUT2D eigenvalue weighted by Crippen LogP contribution is 2.44. The Morgan fingerprint density at radius 1 is 1.09 bits per heavy atom. The molecular formula is C27H30N2O6. The summed E-state index contributed by atoms with van der Waals surface area (Å²) in [5.41, 5.74) is 3.37. The van der Waals surface area contributed by atoms with Crippen molar-refractivity contribution in [1.82, 2.24) is 10.6 Å². The van der Waals surface area contributed by atoms with Crippen LogP contribution in [-0.4, -0.2) is 55.5 Å². The standard InChI is InChI=1S/C27H30N2O6/c1-2-7-23(24(30)28-17-27(25(31)32)12-14-34-15-13-27)29-26(33)35-16-22-20-10-5-3-8-18(20)19-9-4-6-11-21(19)22/h2-6,8-11,22-23H,1,7,12-17H2,(H,28,30)(H,29,33)(H,31,32). The number of rotatable bonds is 9. The van der Waals surface area contributed by atoms with Crippen LogP contribution in [0.1, 0.15) is 36.3 Å². The number of amides is 2. The molecule has 184 valence electrons. The van der Waals surface area contributed by atoms with E-state index in [0.29, 0.717) is 26.1 Å². The molecule has 2 amide bonds. The molecule has 0 bridgehead atoms. The molecule has 1 aliphatic carbocycles. The highest BCUT2D eigenvalue weighted by atomic mass is 16.5. The van der Waals surface area contributed by atoms with Crippen molar-refractivity contribution in [3.8, 4) is 11.1 Å². The first-order valence-corrected chi connectivity index (χ1v) is 11.8. The Kier molecular flexibility index (Phi) is 7.51. The third-order valence-corrected chi connectivity index (χ3v) is 6.86. The van der Waals surface area contributed by atoms with Gasteiger partial charge in [0.25, 0.3) is 0 Å². The van der Waals surface area contributed by atoms with Crippen LogP contribution in [-0.2, 0) is 19.1 Å². The van der Waals surface area contributed by atoms with Gasteiger partial charge in [-0.3, -0.25) is 9.59 Å². The summed E-state index contributed by atoms with van der Waals surface area (Å²) in [5.74, 6) is -1.54. The number of carboxylic acid groups (broad SMARTS) is 1. The SMILES string of the molecule is C=CCC(NC(=O)OCC1c2ccccc2-c2ccccc21)C(=O)NCC1(C(=O)O)CCOCC1. The monoisotopic (exact) mass is 478 g/mol. The third kappa shape index (κ3) is 5.22. The number of hydrogen-bond acceptors (Lipinski definition) is 5. The molecule has 2 aromatic carbocycles. The molecule has 8 heteroatoms. The Morgan fingerprint density at radius 3 is 2.26 bits per heavy atom. The van der Waals surface area contributed by atoms with Crippen LogP contribution in [0.4, 0.5) is 4.79 Å². The topological polar surface area (TPSA) is 114 Å². The Bertz CT molecular complexity index is 1060. The summed E-state index contributed by atoms with van der Waals surface area (Å²) in [4.78, 5) is 37.3. The zero-order chi connectivity index (χ0) is 24.8. The van der Waals surface area contributed by atoms with Gasteiger partial charge in [0, 0.05) is 25.7 Å². The summed E-state index contributed by atoms with van der Waals surface area (Å²) in [6.07, 6.45) is 1.62. The smallest absolute Gasteiger partial charge is 0.407 e. The predicted molar refractivity (Wildman–Crippen MR) is 130 cm³/mol. The van der Waals surface area contributed by atoms with Crippen molar-refractivity contribution in [3.63, 3.8) is 0 Å². The zero-order valence-electron chi connectivity index (χ0n) is 19.5. The van der Waals surface area contributed by atoms with Crippen LogP contribution in [0, 0.1) is 5.41 Å². The van der Waals surface area contributed by atoms with Crippen LogP contribution in [0.15, 0.2) is 61.2 Å². The van der Waals surface area contributed by atoms with Crippen molar-refractivity contribution < 1.29 is 29.0 Å². The molecule has 35 heavy (non-hydrogen) atoms. The van der Waals surface area contributed by atoms with E-state index in [0.717, 1.165) is 22.3 Å². The number of nitrogens with one attached hydrogen (secondary N) is 2. The van der Waals surface area contributed by atoms with E-state index in [-0.39, 0.29) is 25.5 Å². The quantitative estimate of drug-likeness (QED) is 0.476. The van der Waals surface area contributed by atoms with Gasteiger partial charge in [0.15, 0.2) is 0 Å². The molecule has 0 spiro atoms. The number of hydrogen-bond donors (Lipinski definition) is 3. The van der Waals surface area contributed by atoms with Gasteiger partial charge in [-0.25, -0.2) is 4.79 Å². The minimum absolute atomic E-state index is 0.0372. The average Bonchev–Trinajstić information content (AvgIpc) is 3.20. The molecule has 3 N–H and O–H groups in total. The lowest BCUT2D eigenvalue weighted by atomic mass is 9.80. The predicted octanol–water partition coefficient (Wildman–Crippen LogP) is 3.47. The number of alkyl carbamates (subject to hydrolysis) is 1. The lowest BCUT2D eigenvalue weighted by Gasteiger charge is -2.33. The summed E-state index contributed by atoms with van der Waals surface area (Å²) < 4.78 is 10.8. The van der Waals surface area contributed by atoms with Gasteiger partial charge in [0.05, 0.1) is 5.41 Å². The molecular weight excluding hydrogens is 448 g/mol. The van der Waals surface area contributed by atoms with Crippen molar-refractivity contribution in [3.05, 3.63) is 72.3 Å². The number of carbonyl (C=O) groups is 3. The highest BCUT2D eigenvalue weighted by molar-refractivity contribution is 5.86. The maximum atomic E-state index is 12.8. The molecule has 1 unspecified atom stereocenters. The van der Waals surface area contributed by atoms with Crippen molar-refractivity contribution in [2.45, 2.75) is 31.2 Å². The number of ether oxygens (including phenoxy) is 2. The zero-order valence-corrected chi connectivity index (χ0v) is 19.5. The number of carboxylic acids is 1. The molecule has 1 atom stereocenters. The van der Waals surface area contributed by atoms with Crippen LogP contribution in [0.5, 0.6) is 0 Å². The summed E-state index contributed by atoms with van der Waals surface area (Å²) in [6, 6.07) is 15.1. The number of benzene rings is 2. The Labute approximate surface area is 204 Å². The van der Waals surface area contributed by atoms with Crippen LogP contribution in [0.3, 0.4) is 0 Å². The summed E-state index contributed by atoms with van der Waals surface area (Å²) in [5, 5.41) is 15.0. The van der Waals surface area contributed by atoms with Crippen molar-refractivity contribution in [1.29, 1.82) is 0 Å². The lowest BCUT2D eigenvalue weighted by Crippen LogP contribution is -2.52. The second-order valence-corrected chi connectivity index (χ2v) is 8.96. The van der Waals surface area contributed by atoms with Crippen molar-refractivity contribution in [2.75, 3.05) is 26.4 Å². The lowest BCUT2D eigenvalue weighted by molar-refractivity contribution is -0.154. The maximum absolute atomic E-state index is 12.8. The molecule has 0 saturated carbocycles. The molecule has 0 aromatic heterocycles. The highest BCUT2D eigenvalue weighted by Gasteiger charge is 2.41. The minimum atomic E-state index is -1.07. The molecule has 1 aliphatic heterocycles. The van der Waals surface area contributed by atoms with E-state index in [1.165, 1.54) is 6.08 Å². The first-order chi connectivity index (χ1) is 16.9. The molecule has 1 fully saturated rings. The molecule has 2 aliphatic rings. The fourth-order valence-corrected chi connectivity index (χ4v) is 4.79. The largest absolute Gasteiger partial charge is 0.481 e. The molecule has 4 rings (SSSR count). The summed E-state index contributed by atoms with van der Waals surface area (Å²) in [6.45, 7) is 4.41. The Morgan fingerprint density at radius 2 is 1.69 bits per heavy atom. The van der Waals surface area contributed by atoms with Crippen LogP contribution in [0.25, 0.3) is 11.1 Å². The maximum Gasteiger partial charge on any atom is 0.407 e. The number of fused-ring (bicyclic) bond motifs is 3. The third-order valence-electron chi connectivity index (χ3n) is 6.86. The van der Waals surface area contributed by atoms with Crippen LogP contribution >= 0.6 is 0 Å². The van der Waals surface area contributed by atoms with E-state index >= 15 is 0 Å². The van der Waals surface area contributed by atoms with Gasteiger partial charge in [-0.2, -0.15) is 0 Å². The minimum Gasteiger partial charge on any atom is -0.481 e. The van der Waals surface area contributed by atoms with Crippen LogP contribution < -0.4 is 10.6 Å². The molecule has 8 nitrogen and oxygen atoms in total. The Balaban J connectivity index is 1.36. The van der Waals surface area contributed by atoms with E-state index in [1.54, 1.807) is 0 Å². The Hall–Kier alpha value is -3.65. The van der Waals surface area contributed by atoms with E-state index in [9.17, 15) is 19.5 Å². The number of carbonyl (C=O) groups excluding carboxylic acids is 2. The van der Waals surface area contributed by atoms with Gasteiger partial charge in [-0.05, 0) is 41.5 Å².